The van der Waals surface area contributed by atoms with Gasteiger partial charge in [0, 0.05) is 0 Å². The van der Waals surface area contributed by atoms with Gasteiger partial charge >= 0.3 is 0 Å². The summed E-state index contributed by atoms with van der Waals surface area (Å²) in [5, 5.41) is 2.93. The Kier molecular flexibility index (Phi) is 3.37. The quantitative estimate of drug-likeness (QED) is 0.948. The lowest BCUT2D eigenvalue weighted by Crippen LogP contribution is -2.47. The van der Waals surface area contributed by atoms with Crippen molar-refractivity contribution in [3.8, 4) is 0 Å². The number of anilines is 1. The molecule has 1 unspecified atom stereocenters. The molecule has 2 aromatic rings. The number of amides is 2. The van der Waals surface area contributed by atoms with E-state index in [1.807, 2.05) is 48.5 Å². The number of carbonyl (C=O) groups is 2. The molecule has 0 spiro atoms. The Morgan fingerprint density at radius 1 is 0.957 bits per heavy atom. The molecule has 1 saturated carbocycles. The van der Waals surface area contributed by atoms with Gasteiger partial charge in [0.2, 0.25) is 5.91 Å². The van der Waals surface area contributed by atoms with Gasteiger partial charge in [-0.3, -0.25) is 9.59 Å². The highest BCUT2D eigenvalue weighted by atomic mass is 16.2. The number of fused-ring (bicyclic) bond motifs is 1. The fraction of sp³-hybridized carbons (Fsp3) is 0.263. The molecule has 0 saturated heterocycles. The van der Waals surface area contributed by atoms with Crippen LogP contribution in [0.5, 0.6) is 0 Å². The molecule has 0 radical (unpaired) electrons. The van der Waals surface area contributed by atoms with E-state index in [1.54, 1.807) is 11.0 Å². The van der Waals surface area contributed by atoms with Crippen molar-refractivity contribution in [2.24, 2.45) is 5.92 Å². The predicted molar refractivity (Wildman–Crippen MR) is 88.1 cm³/mol. The Labute approximate surface area is 135 Å². The standard InChI is InChI=1S/C19H18N2O2/c22-18-15-8-4-5-9-16(15)21(12-13-6-2-1-3-7-13)19(23)17(20-18)14-10-11-14/h1-9,14,17H,10-12H2,(H,20,22). The number of benzene rings is 2. The molecule has 1 aliphatic heterocycles. The van der Waals surface area contributed by atoms with Gasteiger partial charge in [-0.25, -0.2) is 0 Å². The molecule has 1 aliphatic carbocycles. The van der Waals surface area contributed by atoms with Gasteiger partial charge < -0.3 is 10.2 Å². The minimum Gasteiger partial charge on any atom is -0.340 e. The average molecular weight is 306 g/mol. The van der Waals surface area contributed by atoms with Crippen LogP contribution < -0.4 is 10.2 Å². The van der Waals surface area contributed by atoms with Gasteiger partial charge in [-0.05, 0) is 36.5 Å². The smallest absolute Gasteiger partial charge is 0.254 e. The molecule has 23 heavy (non-hydrogen) atoms. The second kappa shape index (κ2) is 5.54. The van der Waals surface area contributed by atoms with Gasteiger partial charge in [0.25, 0.3) is 5.91 Å². The van der Waals surface area contributed by atoms with E-state index in [4.69, 9.17) is 0 Å². The van der Waals surface area contributed by atoms with Crippen molar-refractivity contribution in [1.82, 2.24) is 5.32 Å². The van der Waals surface area contributed by atoms with Crippen LogP contribution >= 0.6 is 0 Å². The number of para-hydroxylation sites is 1. The highest BCUT2D eigenvalue weighted by Crippen LogP contribution is 2.36. The van der Waals surface area contributed by atoms with Gasteiger partial charge in [0.1, 0.15) is 6.04 Å². The Morgan fingerprint density at radius 2 is 1.65 bits per heavy atom. The Bertz CT molecular complexity index is 753. The van der Waals surface area contributed by atoms with E-state index >= 15 is 0 Å². The zero-order chi connectivity index (χ0) is 15.8. The average Bonchev–Trinajstić information content (AvgIpc) is 3.42. The molecule has 1 atom stereocenters. The fourth-order valence-electron chi connectivity index (χ4n) is 3.15. The second-order valence-corrected chi connectivity index (χ2v) is 6.22. The lowest BCUT2D eigenvalue weighted by atomic mass is 10.1. The lowest BCUT2D eigenvalue weighted by molar-refractivity contribution is -0.120. The van der Waals surface area contributed by atoms with Crippen LogP contribution in [0.1, 0.15) is 28.8 Å². The molecule has 0 aromatic heterocycles. The third-order valence-corrected chi connectivity index (χ3v) is 4.54. The van der Waals surface area contributed by atoms with Crippen LogP contribution in [-0.4, -0.2) is 17.9 Å². The van der Waals surface area contributed by atoms with Crippen LogP contribution in [0.3, 0.4) is 0 Å². The summed E-state index contributed by atoms with van der Waals surface area (Å²) < 4.78 is 0. The van der Waals surface area contributed by atoms with E-state index in [0.29, 0.717) is 17.8 Å². The number of hydrogen-bond donors (Lipinski definition) is 1. The summed E-state index contributed by atoms with van der Waals surface area (Å²) in [4.78, 5) is 27.3. The van der Waals surface area contributed by atoms with Crippen molar-refractivity contribution in [2.45, 2.75) is 25.4 Å². The molecular weight excluding hydrogens is 288 g/mol. The van der Waals surface area contributed by atoms with Crippen LogP contribution in [-0.2, 0) is 11.3 Å². The first kappa shape index (κ1) is 14.0. The van der Waals surface area contributed by atoms with E-state index in [-0.39, 0.29) is 17.7 Å². The molecule has 0 bridgehead atoms. The molecule has 2 amide bonds. The minimum atomic E-state index is -0.404. The molecule has 4 rings (SSSR count). The van der Waals surface area contributed by atoms with Gasteiger partial charge in [-0.1, -0.05) is 42.5 Å². The van der Waals surface area contributed by atoms with Crippen LogP contribution in [0, 0.1) is 5.92 Å². The van der Waals surface area contributed by atoms with Crippen molar-refractivity contribution in [3.05, 3.63) is 65.7 Å². The van der Waals surface area contributed by atoms with Crippen LogP contribution in [0.25, 0.3) is 0 Å². The number of nitrogens with zero attached hydrogens (tertiary/aromatic N) is 1. The number of carbonyl (C=O) groups excluding carboxylic acids is 2. The molecule has 116 valence electrons. The van der Waals surface area contributed by atoms with Crippen LogP contribution in [0.15, 0.2) is 54.6 Å². The van der Waals surface area contributed by atoms with Crippen LogP contribution in [0.2, 0.25) is 0 Å². The van der Waals surface area contributed by atoms with Gasteiger partial charge in [0.15, 0.2) is 0 Å². The molecule has 2 aromatic carbocycles. The van der Waals surface area contributed by atoms with E-state index in [0.717, 1.165) is 18.4 Å². The van der Waals surface area contributed by atoms with Crippen molar-refractivity contribution in [3.63, 3.8) is 0 Å². The summed E-state index contributed by atoms with van der Waals surface area (Å²) in [5.41, 5.74) is 2.32. The molecule has 1 N–H and O–H groups in total. The number of rotatable bonds is 3. The molecule has 1 heterocycles. The number of hydrogen-bond acceptors (Lipinski definition) is 2. The van der Waals surface area contributed by atoms with Gasteiger partial charge in [0.05, 0.1) is 17.8 Å². The van der Waals surface area contributed by atoms with Crippen molar-refractivity contribution in [1.29, 1.82) is 0 Å². The normalized spacial score (nSPS) is 20.7. The minimum absolute atomic E-state index is 0.00495. The Balaban J connectivity index is 1.76. The van der Waals surface area contributed by atoms with Gasteiger partial charge in [-0.2, -0.15) is 0 Å². The molecular formula is C19H18N2O2. The maximum atomic E-state index is 13.1. The Hall–Kier alpha value is -2.62. The zero-order valence-electron chi connectivity index (χ0n) is 12.7. The number of nitrogens with one attached hydrogen (secondary N) is 1. The van der Waals surface area contributed by atoms with Gasteiger partial charge in [-0.15, -0.1) is 0 Å². The lowest BCUT2D eigenvalue weighted by Gasteiger charge is -2.25. The third-order valence-electron chi connectivity index (χ3n) is 4.54. The zero-order valence-corrected chi connectivity index (χ0v) is 12.7. The summed E-state index contributed by atoms with van der Waals surface area (Å²) in [6.45, 7) is 0.481. The SMILES string of the molecule is O=C1NC(C2CC2)C(=O)N(Cc2ccccc2)c2ccccc21. The maximum Gasteiger partial charge on any atom is 0.254 e. The topological polar surface area (TPSA) is 49.4 Å². The summed E-state index contributed by atoms with van der Waals surface area (Å²) in [7, 11) is 0. The predicted octanol–water partition coefficient (Wildman–Crippen LogP) is 2.74. The maximum absolute atomic E-state index is 13.1. The highest BCUT2D eigenvalue weighted by Gasteiger charge is 2.42. The largest absolute Gasteiger partial charge is 0.340 e. The summed E-state index contributed by atoms with van der Waals surface area (Å²) in [6.07, 6.45) is 2.01. The second-order valence-electron chi connectivity index (χ2n) is 6.22. The third kappa shape index (κ3) is 2.61. The molecule has 4 heteroatoms. The first-order chi connectivity index (χ1) is 11.2. The highest BCUT2D eigenvalue weighted by molar-refractivity contribution is 6.11. The van der Waals surface area contributed by atoms with E-state index in [1.165, 1.54) is 0 Å². The van der Waals surface area contributed by atoms with E-state index in [2.05, 4.69) is 5.32 Å². The molecule has 2 aliphatic rings. The van der Waals surface area contributed by atoms with Crippen molar-refractivity contribution >= 4 is 17.5 Å². The summed E-state index contributed by atoms with van der Waals surface area (Å²) in [5.74, 6) is 0.120. The van der Waals surface area contributed by atoms with E-state index in [9.17, 15) is 9.59 Å². The fourth-order valence-corrected chi connectivity index (χ4v) is 3.15. The Morgan fingerprint density at radius 3 is 2.39 bits per heavy atom. The summed E-state index contributed by atoms with van der Waals surface area (Å²) >= 11 is 0. The van der Waals surface area contributed by atoms with Crippen molar-refractivity contribution < 1.29 is 9.59 Å². The first-order valence-electron chi connectivity index (χ1n) is 7.99. The van der Waals surface area contributed by atoms with Crippen molar-refractivity contribution in [2.75, 3.05) is 4.90 Å². The van der Waals surface area contributed by atoms with Crippen LogP contribution in [0.4, 0.5) is 5.69 Å². The molecule has 1 fully saturated rings. The first-order valence-corrected chi connectivity index (χ1v) is 7.99. The molecule has 4 nitrogen and oxygen atoms in total. The monoisotopic (exact) mass is 306 g/mol. The summed E-state index contributed by atoms with van der Waals surface area (Å²) in [6, 6.07) is 16.8. The van der Waals surface area contributed by atoms with E-state index < -0.39 is 6.04 Å².